The monoisotopic (exact) mass is 392 g/mol. The zero-order chi connectivity index (χ0) is 18.6. The Morgan fingerprint density at radius 3 is 2.41 bits per heavy atom. The topological polar surface area (TPSA) is 17.3 Å². The molecule has 0 aliphatic carbocycles. The second-order valence-corrected chi connectivity index (χ2v) is 5.89. The van der Waals surface area contributed by atoms with Crippen molar-refractivity contribution in [3.8, 4) is 0 Å². The first-order valence-electron chi connectivity index (χ1n) is 8.41. The van der Waals surface area contributed by atoms with Crippen LogP contribution in [0.5, 0.6) is 0 Å². The van der Waals surface area contributed by atoms with Crippen LogP contribution < -0.4 is 0 Å². The molecule has 2 aromatic carbocycles. The van der Waals surface area contributed by atoms with E-state index in [9.17, 15) is 13.2 Å². The van der Waals surface area contributed by atoms with E-state index in [-0.39, 0.29) is 12.4 Å². The summed E-state index contributed by atoms with van der Waals surface area (Å²) in [5.41, 5.74) is 2.30. The van der Waals surface area contributed by atoms with Gasteiger partial charge >= 0.3 is 6.18 Å². The number of fused-ring (bicyclic) bond motifs is 1. The third-order valence-corrected chi connectivity index (χ3v) is 4.14. The fourth-order valence-corrected chi connectivity index (χ4v) is 2.87. The third kappa shape index (κ3) is 5.01. The maximum Gasteiger partial charge on any atom is 0.416 e. The highest BCUT2D eigenvalue weighted by atomic mass is 35.5. The van der Waals surface area contributed by atoms with Gasteiger partial charge in [0.15, 0.2) is 0 Å². The molecule has 0 radical (unpaired) electrons. The molecule has 0 aliphatic rings. The van der Waals surface area contributed by atoms with Gasteiger partial charge in [-0.1, -0.05) is 42.5 Å². The fraction of sp³-hybridized carbons (Fsp3) is 0.190. The van der Waals surface area contributed by atoms with E-state index in [4.69, 9.17) is 0 Å². The van der Waals surface area contributed by atoms with Crippen molar-refractivity contribution >= 4 is 35.6 Å². The summed E-state index contributed by atoms with van der Waals surface area (Å²) in [5, 5.41) is 1.18. The van der Waals surface area contributed by atoms with Crippen molar-refractivity contribution in [2.24, 2.45) is 4.99 Å². The largest absolute Gasteiger partial charge is 0.416 e. The van der Waals surface area contributed by atoms with E-state index in [1.165, 1.54) is 23.0 Å². The van der Waals surface area contributed by atoms with E-state index in [2.05, 4.69) is 34.7 Å². The van der Waals surface area contributed by atoms with Gasteiger partial charge in [0, 0.05) is 23.7 Å². The summed E-state index contributed by atoms with van der Waals surface area (Å²) in [6.07, 6.45) is 1.13. The number of hydrogen-bond donors (Lipinski definition) is 0. The molecule has 2 nitrogen and oxygen atoms in total. The Morgan fingerprint density at radius 2 is 1.74 bits per heavy atom. The molecule has 0 saturated heterocycles. The number of alkyl halides is 3. The molecule has 3 aromatic rings. The Bertz CT molecular complexity index is 938. The fourth-order valence-electron chi connectivity index (χ4n) is 2.87. The molecule has 1 aromatic heterocycles. The molecule has 1 heterocycles. The van der Waals surface area contributed by atoms with Gasteiger partial charge in [-0.05, 0) is 36.8 Å². The number of hydrogen-bond acceptors (Lipinski definition) is 1. The molecule has 0 unspecified atom stereocenters. The predicted molar refractivity (Wildman–Crippen MR) is 108 cm³/mol. The van der Waals surface area contributed by atoms with Crippen LogP contribution in [0.15, 0.2) is 65.7 Å². The van der Waals surface area contributed by atoms with Crippen molar-refractivity contribution in [1.82, 2.24) is 4.57 Å². The van der Waals surface area contributed by atoms with E-state index in [0.29, 0.717) is 6.54 Å². The van der Waals surface area contributed by atoms with Gasteiger partial charge in [0.2, 0.25) is 0 Å². The Labute approximate surface area is 162 Å². The number of aromatic nitrogens is 1. The van der Waals surface area contributed by atoms with Crippen molar-refractivity contribution in [2.75, 3.05) is 6.54 Å². The highest BCUT2D eigenvalue weighted by molar-refractivity contribution is 5.90. The molecule has 6 heteroatoms. The van der Waals surface area contributed by atoms with Gasteiger partial charge in [-0.25, -0.2) is 0 Å². The SMILES string of the molecule is CCn1c(C=NC/C=C/c2ccc(C(F)(F)F)cc2)cc2ccccc21.Cl. The van der Waals surface area contributed by atoms with Crippen molar-refractivity contribution in [2.45, 2.75) is 19.6 Å². The maximum atomic E-state index is 12.5. The van der Waals surface area contributed by atoms with E-state index < -0.39 is 11.7 Å². The lowest BCUT2D eigenvalue weighted by molar-refractivity contribution is -0.137. The Morgan fingerprint density at radius 1 is 1.04 bits per heavy atom. The van der Waals surface area contributed by atoms with Crippen LogP contribution >= 0.6 is 12.4 Å². The van der Waals surface area contributed by atoms with Crippen LogP contribution in [0.1, 0.15) is 23.7 Å². The number of aryl methyl sites for hydroxylation is 1. The van der Waals surface area contributed by atoms with Crippen LogP contribution in [0, 0.1) is 0 Å². The molecule has 27 heavy (non-hydrogen) atoms. The number of benzene rings is 2. The third-order valence-electron chi connectivity index (χ3n) is 4.14. The van der Waals surface area contributed by atoms with E-state index in [0.717, 1.165) is 29.9 Å². The van der Waals surface area contributed by atoms with Crippen molar-refractivity contribution in [3.05, 3.63) is 77.5 Å². The summed E-state index contributed by atoms with van der Waals surface area (Å²) < 4.78 is 39.8. The minimum atomic E-state index is -4.30. The normalized spacial score (nSPS) is 12.1. The molecule has 0 saturated carbocycles. The summed E-state index contributed by atoms with van der Waals surface area (Å²) in [4.78, 5) is 4.40. The average Bonchev–Trinajstić information content (AvgIpc) is 2.98. The number of halogens is 4. The molecule has 0 N–H and O–H groups in total. The number of rotatable bonds is 5. The number of nitrogens with zero attached hydrogens (tertiary/aromatic N) is 2. The van der Waals surface area contributed by atoms with Crippen LogP contribution in [-0.2, 0) is 12.7 Å². The van der Waals surface area contributed by atoms with Crippen LogP contribution in [0.2, 0.25) is 0 Å². The first-order valence-corrected chi connectivity index (χ1v) is 8.41. The minimum Gasteiger partial charge on any atom is -0.340 e. The molecular weight excluding hydrogens is 373 g/mol. The lowest BCUT2D eigenvalue weighted by Gasteiger charge is -2.05. The highest BCUT2D eigenvalue weighted by Gasteiger charge is 2.29. The molecule has 0 spiro atoms. The summed E-state index contributed by atoms with van der Waals surface area (Å²) in [6, 6.07) is 15.4. The van der Waals surface area contributed by atoms with Gasteiger partial charge in [-0.2, -0.15) is 13.2 Å². The summed E-state index contributed by atoms with van der Waals surface area (Å²) in [6.45, 7) is 3.41. The number of para-hydroxylation sites is 1. The predicted octanol–water partition coefficient (Wildman–Crippen LogP) is 6.23. The standard InChI is InChI=1S/C21H19F3N2.ClH/c1-2-26-19(14-17-7-3-4-8-20(17)26)15-25-13-5-6-16-9-11-18(12-10-16)21(22,23)24;/h3-12,14-15H,2,13H2,1H3;1H/b6-5+,25-15?;. The highest BCUT2D eigenvalue weighted by Crippen LogP contribution is 2.29. The molecule has 142 valence electrons. The van der Waals surface area contributed by atoms with Crippen LogP contribution in [0.25, 0.3) is 17.0 Å². The van der Waals surface area contributed by atoms with Crippen LogP contribution in [-0.4, -0.2) is 17.3 Å². The van der Waals surface area contributed by atoms with Crippen molar-refractivity contribution < 1.29 is 13.2 Å². The van der Waals surface area contributed by atoms with Gasteiger partial charge in [-0.3, -0.25) is 4.99 Å². The van der Waals surface area contributed by atoms with Gasteiger partial charge in [0.25, 0.3) is 0 Å². The first-order chi connectivity index (χ1) is 12.5. The Balaban J connectivity index is 0.00000261. The second kappa shape index (κ2) is 8.91. The number of aliphatic imine (C=N–C) groups is 1. The van der Waals surface area contributed by atoms with Gasteiger partial charge < -0.3 is 4.57 Å². The van der Waals surface area contributed by atoms with E-state index in [1.807, 2.05) is 24.4 Å². The zero-order valence-corrected chi connectivity index (χ0v) is 15.6. The molecule has 0 bridgehead atoms. The lowest BCUT2D eigenvalue weighted by Crippen LogP contribution is -2.03. The molecule has 3 rings (SSSR count). The van der Waals surface area contributed by atoms with Crippen molar-refractivity contribution in [1.29, 1.82) is 0 Å². The van der Waals surface area contributed by atoms with E-state index >= 15 is 0 Å². The van der Waals surface area contributed by atoms with Gasteiger partial charge in [-0.15, -0.1) is 12.4 Å². The zero-order valence-electron chi connectivity index (χ0n) is 14.8. The second-order valence-electron chi connectivity index (χ2n) is 5.89. The molecule has 0 aliphatic heterocycles. The Kier molecular flexibility index (Phi) is 6.86. The molecule has 0 atom stereocenters. The summed E-state index contributed by atoms with van der Waals surface area (Å²) in [7, 11) is 0. The van der Waals surface area contributed by atoms with Crippen molar-refractivity contribution in [3.63, 3.8) is 0 Å². The quantitative estimate of drug-likeness (QED) is 0.458. The minimum absolute atomic E-state index is 0. The van der Waals surface area contributed by atoms with Crippen LogP contribution in [0.3, 0.4) is 0 Å². The van der Waals surface area contributed by atoms with Crippen LogP contribution in [0.4, 0.5) is 13.2 Å². The van der Waals surface area contributed by atoms with E-state index in [1.54, 1.807) is 6.08 Å². The van der Waals surface area contributed by atoms with Gasteiger partial charge in [0.05, 0.1) is 17.8 Å². The average molecular weight is 393 g/mol. The molecular formula is C21H20ClF3N2. The maximum absolute atomic E-state index is 12.5. The van der Waals surface area contributed by atoms with Gasteiger partial charge in [0.1, 0.15) is 0 Å². The molecule has 0 amide bonds. The molecule has 0 fully saturated rings. The lowest BCUT2D eigenvalue weighted by atomic mass is 10.1. The summed E-state index contributed by atoms with van der Waals surface area (Å²) in [5.74, 6) is 0. The summed E-state index contributed by atoms with van der Waals surface area (Å²) >= 11 is 0. The Hall–Kier alpha value is -2.53. The smallest absolute Gasteiger partial charge is 0.340 e. The first kappa shape index (κ1) is 20.8.